The minimum atomic E-state index is -0.233. The number of ether oxygens (including phenoxy) is 2. The summed E-state index contributed by atoms with van der Waals surface area (Å²) >= 11 is 0. The average molecular weight is 297 g/mol. The lowest BCUT2D eigenvalue weighted by Gasteiger charge is -2.13. The number of hydrogen-bond acceptors (Lipinski definition) is 3. The van der Waals surface area contributed by atoms with Crippen molar-refractivity contribution in [2.75, 3.05) is 26.4 Å². The smallest absolute Gasteiger partial charge is 0.124 e. The van der Waals surface area contributed by atoms with Gasteiger partial charge in [-0.25, -0.2) is 4.39 Å². The standard InChI is InChI=1S/C17H28FNO2/c1-4-8-19-13-15-12-16(18)5-6-17(15)21-11-10-20-9-7-14(2)3/h5-6,12,14,19H,4,7-11,13H2,1-3H3. The van der Waals surface area contributed by atoms with Crippen LogP contribution < -0.4 is 10.1 Å². The Morgan fingerprint density at radius 3 is 2.71 bits per heavy atom. The molecule has 0 saturated carbocycles. The zero-order valence-corrected chi connectivity index (χ0v) is 13.5. The van der Waals surface area contributed by atoms with Crippen molar-refractivity contribution in [3.63, 3.8) is 0 Å². The van der Waals surface area contributed by atoms with Crippen LogP contribution in [0, 0.1) is 11.7 Å². The van der Waals surface area contributed by atoms with Crippen molar-refractivity contribution in [2.24, 2.45) is 5.92 Å². The molecule has 0 spiro atoms. The summed E-state index contributed by atoms with van der Waals surface area (Å²) in [4.78, 5) is 0. The van der Waals surface area contributed by atoms with Gasteiger partial charge < -0.3 is 14.8 Å². The minimum absolute atomic E-state index is 0.233. The van der Waals surface area contributed by atoms with Gasteiger partial charge in [0.25, 0.3) is 0 Å². The highest BCUT2D eigenvalue weighted by Crippen LogP contribution is 2.19. The first-order valence-corrected chi connectivity index (χ1v) is 7.83. The van der Waals surface area contributed by atoms with Crippen LogP contribution in [0.5, 0.6) is 5.75 Å². The van der Waals surface area contributed by atoms with Crippen LogP contribution in [0.25, 0.3) is 0 Å². The Labute approximate surface area is 127 Å². The SMILES string of the molecule is CCCNCc1cc(F)ccc1OCCOCCC(C)C. The summed E-state index contributed by atoms with van der Waals surface area (Å²) in [6.45, 7) is 9.79. The van der Waals surface area contributed by atoms with Gasteiger partial charge in [-0.15, -0.1) is 0 Å². The van der Waals surface area contributed by atoms with Crippen LogP contribution in [0.1, 0.15) is 39.2 Å². The maximum absolute atomic E-state index is 13.3. The van der Waals surface area contributed by atoms with Crippen molar-refractivity contribution in [3.8, 4) is 5.75 Å². The van der Waals surface area contributed by atoms with Gasteiger partial charge in [-0.05, 0) is 43.5 Å². The van der Waals surface area contributed by atoms with Crippen molar-refractivity contribution >= 4 is 0 Å². The summed E-state index contributed by atoms with van der Waals surface area (Å²) < 4.78 is 24.5. The predicted octanol–water partition coefficient (Wildman–Crippen LogP) is 3.77. The van der Waals surface area contributed by atoms with E-state index in [1.165, 1.54) is 12.1 Å². The second-order valence-electron chi connectivity index (χ2n) is 5.57. The van der Waals surface area contributed by atoms with E-state index in [1.807, 2.05) is 0 Å². The zero-order chi connectivity index (χ0) is 15.5. The van der Waals surface area contributed by atoms with Gasteiger partial charge in [0, 0.05) is 18.7 Å². The fourth-order valence-corrected chi connectivity index (χ4v) is 1.86. The maximum atomic E-state index is 13.3. The summed E-state index contributed by atoms with van der Waals surface area (Å²) in [6.07, 6.45) is 2.11. The number of halogens is 1. The second kappa shape index (κ2) is 10.6. The summed E-state index contributed by atoms with van der Waals surface area (Å²) in [6, 6.07) is 4.64. The molecule has 0 aliphatic rings. The van der Waals surface area contributed by atoms with Gasteiger partial charge in [-0.2, -0.15) is 0 Å². The molecule has 0 fully saturated rings. The van der Waals surface area contributed by atoms with E-state index in [4.69, 9.17) is 9.47 Å². The third-order valence-corrected chi connectivity index (χ3v) is 3.09. The Balaban J connectivity index is 2.35. The molecule has 3 nitrogen and oxygen atoms in total. The molecule has 1 rings (SSSR count). The molecule has 4 heteroatoms. The second-order valence-corrected chi connectivity index (χ2v) is 5.57. The molecule has 120 valence electrons. The molecule has 1 N–H and O–H groups in total. The number of benzene rings is 1. The van der Waals surface area contributed by atoms with Crippen molar-refractivity contribution in [1.29, 1.82) is 0 Å². The van der Waals surface area contributed by atoms with E-state index < -0.39 is 0 Å². The van der Waals surface area contributed by atoms with E-state index in [1.54, 1.807) is 6.07 Å². The first-order valence-electron chi connectivity index (χ1n) is 7.83. The highest BCUT2D eigenvalue weighted by atomic mass is 19.1. The van der Waals surface area contributed by atoms with Gasteiger partial charge in [0.2, 0.25) is 0 Å². The monoisotopic (exact) mass is 297 g/mol. The molecular weight excluding hydrogens is 269 g/mol. The average Bonchev–Trinajstić information content (AvgIpc) is 2.44. The molecule has 0 amide bonds. The lowest BCUT2D eigenvalue weighted by atomic mass is 10.1. The topological polar surface area (TPSA) is 30.5 Å². The van der Waals surface area contributed by atoms with Crippen LogP contribution in [-0.2, 0) is 11.3 Å². The molecule has 0 aromatic heterocycles. The molecule has 0 radical (unpaired) electrons. The molecule has 0 unspecified atom stereocenters. The summed E-state index contributed by atoms with van der Waals surface area (Å²) in [5.74, 6) is 1.15. The Kier molecular flexibility index (Phi) is 9.02. The van der Waals surface area contributed by atoms with Crippen LogP contribution in [0.2, 0.25) is 0 Å². The molecule has 1 aromatic rings. The van der Waals surface area contributed by atoms with Gasteiger partial charge in [0.05, 0.1) is 6.61 Å². The lowest BCUT2D eigenvalue weighted by Crippen LogP contribution is -2.16. The Morgan fingerprint density at radius 1 is 1.19 bits per heavy atom. The van der Waals surface area contributed by atoms with Crippen molar-refractivity contribution in [3.05, 3.63) is 29.6 Å². The van der Waals surface area contributed by atoms with Gasteiger partial charge in [0.15, 0.2) is 0 Å². The normalized spacial score (nSPS) is 11.1. The van der Waals surface area contributed by atoms with Crippen LogP contribution in [-0.4, -0.2) is 26.4 Å². The maximum Gasteiger partial charge on any atom is 0.124 e. The van der Waals surface area contributed by atoms with E-state index in [9.17, 15) is 4.39 Å². The Hall–Kier alpha value is -1.13. The Morgan fingerprint density at radius 2 is 2.00 bits per heavy atom. The Bertz CT molecular complexity index is 396. The highest BCUT2D eigenvalue weighted by Gasteiger charge is 2.05. The molecule has 0 bridgehead atoms. The minimum Gasteiger partial charge on any atom is -0.491 e. The van der Waals surface area contributed by atoms with Gasteiger partial charge in [0.1, 0.15) is 18.2 Å². The van der Waals surface area contributed by atoms with Crippen molar-refractivity contribution in [2.45, 2.75) is 40.2 Å². The van der Waals surface area contributed by atoms with Crippen LogP contribution in [0.15, 0.2) is 18.2 Å². The zero-order valence-electron chi connectivity index (χ0n) is 13.5. The predicted molar refractivity (Wildman–Crippen MR) is 84.2 cm³/mol. The largest absolute Gasteiger partial charge is 0.491 e. The lowest BCUT2D eigenvalue weighted by molar-refractivity contribution is 0.0922. The number of hydrogen-bond donors (Lipinski definition) is 1. The van der Waals surface area contributed by atoms with Crippen molar-refractivity contribution in [1.82, 2.24) is 5.32 Å². The molecule has 0 atom stereocenters. The molecule has 0 saturated heterocycles. The molecule has 21 heavy (non-hydrogen) atoms. The third-order valence-electron chi connectivity index (χ3n) is 3.09. The van der Waals surface area contributed by atoms with E-state index >= 15 is 0 Å². The fourth-order valence-electron chi connectivity index (χ4n) is 1.86. The van der Waals surface area contributed by atoms with Gasteiger partial charge >= 0.3 is 0 Å². The van der Waals surface area contributed by atoms with E-state index in [0.717, 1.165) is 37.3 Å². The third kappa shape index (κ3) is 8.02. The molecule has 0 aliphatic carbocycles. The first kappa shape index (κ1) is 17.9. The molecule has 0 aliphatic heterocycles. The van der Waals surface area contributed by atoms with Gasteiger partial charge in [-0.1, -0.05) is 20.8 Å². The van der Waals surface area contributed by atoms with Crippen LogP contribution in [0.4, 0.5) is 4.39 Å². The summed E-state index contributed by atoms with van der Waals surface area (Å²) in [5, 5.41) is 3.26. The van der Waals surface area contributed by atoms with E-state index in [0.29, 0.717) is 25.7 Å². The summed E-state index contributed by atoms with van der Waals surface area (Å²) in [5.41, 5.74) is 0.852. The fraction of sp³-hybridized carbons (Fsp3) is 0.647. The number of rotatable bonds is 11. The van der Waals surface area contributed by atoms with E-state index in [-0.39, 0.29) is 5.82 Å². The van der Waals surface area contributed by atoms with E-state index in [2.05, 4.69) is 26.1 Å². The van der Waals surface area contributed by atoms with Gasteiger partial charge in [-0.3, -0.25) is 0 Å². The molecule has 1 aromatic carbocycles. The van der Waals surface area contributed by atoms with Crippen LogP contribution in [0.3, 0.4) is 0 Å². The molecule has 0 heterocycles. The van der Waals surface area contributed by atoms with Crippen LogP contribution >= 0.6 is 0 Å². The summed E-state index contributed by atoms with van der Waals surface area (Å²) in [7, 11) is 0. The van der Waals surface area contributed by atoms with Crippen molar-refractivity contribution < 1.29 is 13.9 Å². The molecular formula is C17H28FNO2. The number of nitrogens with one attached hydrogen (secondary N) is 1. The first-order chi connectivity index (χ1) is 10.1. The quantitative estimate of drug-likeness (QED) is 0.631. The highest BCUT2D eigenvalue weighted by molar-refractivity contribution is 5.33.